The van der Waals surface area contributed by atoms with Crippen molar-refractivity contribution < 1.29 is 19.1 Å². The van der Waals surface area contributed by atoms with E-state index in [2.05, 4.69) is 0 Å². The van der Waals surface area contributed by atoms with Gasteiger partial charge in [0.15, 0.2) is 0 Å². The highest BCUT2D eigenvalue weighted by atomic mass is 35.5. The first kappa shape index (κ1) is 14.2. The number of carbonyl (C=O) groups excluding carboxylic acids is 2. The normalized spacial score (nSPS) is 22.6. The van der Waals surface area contributed by atoms with E-state index < -0.39 is 6.09 Å². The van der Waals surface area contributed by atoms with E-state index in [9.17, 15) is 9.59 Å². The lowest BCUT2D eigenvalue weighted by Crippen LogP contribution is -2.41. The minimum Gasteiger partial charge on any atom is -0.443 e. The molecule has 7 heteroatoms. The summed E-state index contributed by atoms with van der Waals surface area (Å²) >= 11 is 5.71. The van der Waals surface area contributed by atoms with Crippen molar-refractivity contribution in [3.8, 4) is 0 Å². The molecule has 1 atom stereocenters. The standard InChI is InChI=1S/C14H15ClN2O4/c15-7-12-8-17(14(19)21-12)11-3-1-10(2-4-11)16-5-6-20-9-13(16)18/h1-4,12H,5-9H2/t12-/m0/s1. The van der Waals surface area contributed by atoms with E-state index in [0.717, 1.165) is 11.4 Å². The van der Waals surface area contributed by atoms with Crippen molar-refractivity contribution in [2.24, 2.45) is 0 Å². The molecule has 3 rings (SSSR count). The average molecular weight is 311 g/mol. The maximum Gasteiger partial charge on any atom is 0.414 e. The van der Waals surface area contributed by atoms with Crippen LogP contribution < -0.4 is 9.80 Å². The Morgan fingerprint density at radius 3 is 2.38 bits per heavy atom. The molecular weight excluding hydrogens is 296 g/mol. The Labute approximate surface area is 127 Å². The summed E-state index contributed by atoms with van der Waals surface area (Å²) in [6.45, 7) is 1.62. The van der Waals surface area contributed by atoms with Gasteiger partial charge in [-0.1, -0.05) is 0 Å². The number of halogens is 1. The van der Waals surface area contributed by atoms with Crippen molar-refractivity contribution in [2.75, 3.05) is 42.0 Å². The molecule has 0 spiro atoms. The highest BCUT2D eigenvalue weighted by Gasteiger charge is 2.31. The fraction of sp³-hybridized carbons (Fsp3) is 0.429. The summed E-state index contributed by atoms with van der Waals surface area (Å²) in [5.74, 6) is 0.222. The summed E-state index contributed by atoms with van der Waals surface area (Å²) in [7, 11) is 0. The van der Waals surface area contributed by atoms with Crippen LogP contribution in [0.1, 0.15) is 0 Å². The molecule has 0 N–H and O–H groups in total. The summed E-state index contributed by atoms with van der Waals surface area (Å²) in [5, 5.41) is 0. The molecule has 2 amide bonds. The molecule has 1 aromatic rings. The monoisotopic (exact) mass is 310 g/mol. The second kappa shape index (κ2) is 5.91. The molecule has 2 aliphatic rings. The van der Waals surface area contributed by atoms with Gasteiger partial charge in [-0.05, 0) is 24.3 Å². The molecule has 2 saturated heterocycles. The molecule has 2 heterocycles. The third-order valence-electron chi connectivity index (χ3n) is 3.51. The number of hydrogen-bond donors (Lipinski definition) is 0. The number of morpholine rings is 1. The van der Waals surface area contributed by atoms with Gasteiger partial charge in [-0.2, -0.15) is 0 Å². The van der Waals surface area contributed by atoms with E-state index in [0.29, 0.717) is 19.7 Å². The number of benzene rings is 1. The molecule has 6 nitrogen and oxygen atoms in total. The van der Waals surface area contributed by atoms with Crippen LogP contribution in [0.2, 0.25) is 0 Å². The van der Waals surface area contributed by atoms with Crippen LogP contribution in [-0.2, 0) is 14.3 Å². The molecule has 0 bridgehead atoms. The average Bonchev–Trinajstić information content (AvgIpc) is 2.89. The molecule has 2 aliphatic heterocycles. The van der Waals surface area contributed by atoms with Crippen molar-refractivity contribution in [1.29, 1.82) is 0 Å². The predicted octanol–water partition coefficient (Wildman–Crippen LogP) is 1.61. The van der Waals surface area contributed by atoms with Crippen LogP contribution in [0.5, 0.6) is 0 Å². The Kier molecular flexibility index (Phi) is 3.98. The number of carbonyl (C=O) groups is 2. The van der Waals surface area contributed by atoms with Crippen LogP contribution in [0, 0.1) is 0 Å². The van der Waals surface area contributed by atoms with E-state index in [-0.39, 0.29) is 24.5 Å². The topological polar surface area (TPSA) is 59.1 Å². The number of anilines is 2. The minimum atomic E-state index is -0.393. The first-order valence-electron chi connectivity index (χ1n) is 6.71. The number of cyclic esters (lactones) is 1. The first-order valence-corrected chi connectivity index (χ1v) is 7.25. The van der Waals surface area contributed by atoms with Crippen molar-refractivity contribution in [3.63, 3.8) is 0 Å². The van der Waals surface area contributed by atoms with Crippen molar-refractivity contribution in [3.05, 3.63) is 24.3 Å². The largest absolute Gasteiger partial charge is 0.443 e. The van der Waals surface area contributed by atoms with E-state index in [4.69, 9.17) is 21.1 Å². The fourth-order valence-electron chi connectivity index (χ4n) is 2.42. The van der Waals surface area contributed by atoms with Gasteiger partial charge in [0.2, 0.25) is 0 Å². The number of ether oxygens (including phenoxy) is 2. The van der Waals surface area contributed by atoms with E-state index in [1.807, 2.05) is 12.1 Å². The Morgan fingerprint density at radius 1 is 1.14 bits per heavy atom. The van der Waals surface area contributed by atoms with Gasteiger partial charge in [-0.3, -0.25) is 9.69 Å². The number of alkyl halides is 1. The number of rotatable bonds is 3. The molecular formula is C14H15ClN2O4. The molecule has 2 fully saturated rings. The third-order valence-corrected chi connectivity index (χ3v) is 3.85. The maximum absolute atomic E-state index is 11.8. The maximum atomic E-state index is 11.8. The second-order valence-electron chi connectivity index (χ2n) is 4.89. The number of hydrogen-bond acceptors (Lipinski definition) is 4. The summed E-state index contributed by atoms with van der Waals surface area (Å²) in [5.41, 5.74) is 1.53. The molecule has 0 radical (unpaired) electrons. The summed E-state index contributed by atoms with van der Waals surface area (Å²) in [6.07, 6.45) is -0.671. The van der Waals surface area contributed by atoms with Gasteiger partial charge in [-0.25, -0.2) is 4.79 Å². The van der Waals surface area contributed by atoms with Gasteiger partial charge in [0.05, 0.1) is 19.0 Å². The van der Waals surface area contributed by atoms with Crippen LogP contribution in [0.4, 0.5) is 16.2 Å². The van der Waals surface area contributed by atoms with Crippen molar-refractivity contribution in [1.82, 2.24) is 0 Å². The lowest BCUT2D eigenvalue weighted by molar-refractivity contribution is -0.125. The summed E-state index contributed by atoms with van der Waals surface area (Å²) in [4.78, 5) is 26.7. The fourth-order valence-corrected chi connectivity index (χ4v) is 2.58. The quantitative estimate of drug-likeness (QED) is 0.796. The SMILES string of the molecule is O=C1COCCN1c1ccc(N2C[C@H](CCl)OC2=O)cc1. The lowest BCUT2D eigenvalue weighted by Gasteiger charge is -2.27. The molecule has 1 aromatic carbocycles. The zero-order valence-electron chi connectivity index (χ0n) is 11.3. The van der Waals surface area contributed by atoms with Crippen LogP contribution in [0.3, 0.4) is 0 Å². The molecule has 0 aromatic heterocycles. The Bertz CT molecular complexity index is 548. The van der Waals surface area contributed by atoms with E-state index in [1.54, 1.807) is 17.0 Å². The van der Waals surface area contributed by atoms with Crippen molar-refractivity contribution in [2.45, 2.75) is 6.10 Å². The van der Waals surface area contributed by atoms with Gasteiger partial charge >= 0.3 is 6.09 Å². The highest BCUT2D eigenvalue weighted by molar-refractivity contribution is 6.18. The van der Waals surface area contributed by atoms with E-state index >= 15 is 0 Å². The van der Waals surface area contributed by atoms with Crippen molar-refractivity contribution >= 4 is 35.0 Å². The van der Waals surface area contributed by atoms with Crippen LogP contribution in [-0.4, -0.2) is 50.3 Å². The Morgan fingerprint density at radius 2 is 1.81 bits per heavy atom. The summed E-state index contributed by atoms with van der Waals surface area (Å²) < 4.78 is 10.2. The Hall–Kier alpha value is -1.79. The lowest BCUT2D eigenvalue weighted by atomic mass is 10.2. The van der Waals surface area contributed by atoms with Crippen LogP contribution in [0.25, 0.3) is 0 Å². The zero-order chi connectivity index (χ0) is 14.8. The molecule has 21 heavy (non-hydrogen) atoms. The molecule has 0 aliphatic carbocycles. The third kappa shape index (κ3) is 2.82. The zero-order valence-corrected chi connectivity index (χ0v) is 12.1. The van der Waals surface area contributed by atoms with Gasteiger partial charge in [0.25, 0.3) is 5.91 Å². The van der Waals surface area contributed by atoms with Gasteiger partial charge in [0.1, 0.15) is 12.7 Å². The Balaban J connectivity index is 1.75. The molecule has 0 unspecified atom stereocenters. The summed E-state index contributed by atoms with van der Waals surface area (Å²) in [6, 6.07) is 7.24. The number of amides is 2. The van der Waals surface area contributed by atoms with Gasteiger partial charge < -0.3 is 14.4 Å². The predicted molar refractivity (Wildman–Crippen MR) is 77.9 cm³/mol. The second-order valence-corrected chi connectivity index (χ2v) is 5.19. The van der Waals surface area contributed by atoms with Crippen LogP contribution in [0.15, 0.2) is 24.3 Å². The van der Waals surface area contributed by atoms with Gasteiger partial charge in [0, 0.05) is 17.9 Å². The van der Waals surface area contributed by atoms with Crippen LogP contribution >= 0.6 is 11.6 Å². The van der Waals surface area contributed by atoms with E-state index in [1.165, 1.54) is 4.90 Å². The molecule has 112 valence electrons. The first-order chi connectivity index (χ1) is 10.2. The van der Waals surface area contributed by atoms with Gasteiger partial charge in [-0.15, -0.1) is 11.6 Å². The number of nitrogens with zero attached hydrogens (tertiary/aromatic N) is 2. The minimum absolute atomic E-state index is 0.0585. The highest BCUT2D eigenvalue weighted by Crippen LogP contribution is 2.25. The molecule has 0 saturated carbocycles. The smallest absolute Gasteiger partial charge is 0.414 e.